The highest BCUT2D eigenvalue weighted by atomic mass is 32.2. The molecule has 0 aliphatic carbocycles. The highest BCUT2D eigenvalue weighted by Crippen LogP contribution is 2.21. The lowest BCUT2D eigenvalue weighted by Crippen LogP contribution is -2.41. The van der Waals surface area contributed by atoms with Crippen molar-refractivity contribution >= 4 is 21.6 Å². The highest BCUT2D eigenvalue weighted by Gasteiger charge is 2.22. The Balaban J connectivity index is 2.05. The maximum Gasteiger partial charge on any atom is 0.240 e. The number of aryl methyl sites for hydroxylation is 1. The summed E-state index contributed by atoms with van der Waals surface area (Å²) < 4.78 is 25.4. The predicted octanol–water partition coefficient (Wildman–Crippen LogP) is 2.68. The highest BCUT2D eigenvalue weighted by molar-refractivity contribution is 7.92. The van der Waals surface area contributed by atoms with E-state index in [2.05, 4.69) is 5.32 Å². The van der Waals surface area contributed by atoms with E-state index in [0.29, 0.717) is 12.2 Å². The summed E-state index contributed by atoms with van der Waals surface area (Å²) in [5, 5.41) is 2.83. The van der Waals surface area contributed by atoms with Gasteiger partial charge < -0.3 is 5.32 Å². The Labute approximate surface area is 149 Å². The van der Waals surface area contributed by atoms with Crippen LogP contribution in [-0.4, -0.2) is 33.7 Å². The van der Waals surface area contributed by atoms with Crippen molar-refractivity contribution in [2.24, 2.45) is 0 Å². The number of rotatable bonds is 7. The summed E-state index contributed by atoms with van der Waals surface area (Å²) in [5.74, 6) is -0.174. The quantitative estimate of drug-likeness (QED) is 0.825. The standard InChI is InChI=1S/C19H24N2O3S/c1-15-9-7-8-12-18(15)21(25(3,23)24)14-19(22)20-13-16(2)17-10-5-4-6-11-17/h4-12,16H,13-14H2,1-3H3,(H,20,22)/t16-/m0/s1. The van der Waals surface area contributed by atoms with Crippen LogP contribution in [0, 0.1) is 6.92 Å². The molecule has 0 aliphatic heterocycles. The normalized spacial score (nSPS) is 12.4. The molecule has 2 aromatic carbocycles. The van der Waals surface area contributed by atoms with Gasteiger partial charge in [0.1, 0.15) is 6.54 Å². The summed E-state index contributed by atoms with van der Waals surface area (Å²) in [4.78, 5) is 12.3. The molecule has 2 aromatic rings. The lowest BCUT2D eigenvalue weighted by Gasteiger charge is -2.24. The number of nitrogens with zero attached hydrogens (tertiary/aromatic N) is 1. The summed E-state index contributed by atoms with van der Waals surface area (Å²) in [7, 11) is -3.55. The molecular formula is C19H24N2O3S. The number of carbonyl (C=O) groups is 1. The molecular weight excluding hydrogens is 336 g/mol. The van der Waals surface area contributed by atoms with Gasteiger partial charge in [-0.1, -0.05) is 55.5 Å². The smallest absolute Gasteiger partial charge is 0.240 e. The van der Waals surface area contributed by atoms with Gasteiger partial charge in [0.15, 0.2) is 0 Å². The molecule has 25 heavy (non-hydrogen) atoms. The van der Waals surface area contributed by atoms with Gasteiger partial charge in [0.2, 0.25) is 15.9 Å². The van der Waals surface area contributed by atoms with E-state index in [1.165, 1.54) is 0 Å². The number of sulfonamides is 1. The van der Waals surface area contributed by atoms with Crippen molar-refractivity contribution in [2.75, 3.05) is 23.7 Å². The van der Waals surface area contributed by atoms with Crippen LogP contribution in [0.2, 0.25) is 0 Å². The number of benzene rings is 2. The van der Waals surface area contributed by atoms with Crippen LogP contribution in [0.4, 0.5) is 5.69 Å². The molecule has 6 heteroatoms. The van der Waals surface area contributed by atoms with Gasteiger partial charge in [-0.15, -0.1) is 0 Å². The summed E-state index contributed by atoms with van der Waals surface area (Å²) in [6.07, 6.45) is 1.11. The van der Waals surface area contributed by atoms with Crippen molar-refractivity contribution in [3.05, 3.63) is 65.7 Å². The Morgan fingerprint density at radius 3 is 2.28 bits per heavy atom. The Kier molecular flexibility index (Phi) is 6.20. The number of carbonyl (C=O) groups excluding carboxylic acids is 1. The van der Waals surface area contributed by atoms with E-state index in [0.717, 1.165) is 21.7 Å². The van der Waals surface area contributed by atoms with Gasteiger partial charge in [0, 0.05) is 6.54 Å². The zero-order valence-electron chi connectivity index (χ0n) is 14.8. The molecule has 0 fully saturated rings. The van der Waals surface area contributed by atoms with Gasteiger partial charge in [-0.05, 0) is 30.0 Å². The predicted molar refractivity (Wildman–Crippen MR) is 101 cm³/mol. The minimum atomic E-state index is -3.55. The molecule has 0 unspecified atom stereocenters. The molecule has 0 heterocycles. The molecule has 2 rings (SSSR count). The van der Waals surface area contributed by atoms with E-state index in [4.69, 9.17) is 0 Å². The Hall–Kier alpha value is -2.34. The fourth-order valence-corrected chi connectivity index (χ4v) is 3.49. The van der Waals surface area contributed by atoms with Crippen molar-refractivity contribution < 1.29 is 13.2 Å². The van der Waals surface area contributed by atoms with Crippen molar-refractivity contribution in [1.82, 2.24) is 5.32 Å². The number of amides is 1. The second kappa shape index (κ2) is 8.16. The topological polar surface area (TPSA) is 66.5 Å². The molecule has 1 N–H and O–H groups in total. The second-order valence-corrected chi connectivity index (χ2v) is 8.08. The van der Waals surface area contributed by atoms with Gasteiger partial charge >= 0.3 is 0 Å². The molecule has 0 saturated carbocycles. The first-order chi connectivity index (χ1) is 11.8. The molecule has 0 saturated heterocycles. The monoisotopic (exact) mass is 360 g/mol. The van der Waals surface area contributed by atoms with E-state index < -0.39 is 10.0 Å². The van der Waals surface area contributed by atoms with Crippen LogP contribution in [0.15, 0.2) is 54.6 Å². The van der Waals surface area contributed by atoms with Gasteiger partial charge in [-0.3, -0.25) is 9.10 Å². The zero-order valence-corrected chi connectivity index (χ0v) is 15.6. The first kappa shape index (κ1) is 19.0. The van der Waals surface area contributed by atoms with Crippen LogP contribution in [0.1, 0.15) is 24.0 Å². The first-order valence-corrected chi connectivity index (χ1v) is 9.99. The van der Waals surface area contributed by atoms with Crippen molar-refractivity contribution in [3.63, 3.8) is 0 Å². The van der Waals surface area contributed by atoms with Crippen LogP contribution in [0.3, 0.4) is 0 Å². The molecule has 0 bridgehead atoms. The van der Waals surface area contributed by atoms with Gasteiger partial charge in [-0.2, -0.15) is 0 Å². The van der Waals surface area contributed by atoms with E-state index in [-0.39, 0.29) is 18.4 Å². The third kappa shape index (κ3) is 5.32. The number of nitrogens with one attached hydrogen (secondary N) is 1. The summed E-state index contributed by atoms with van der Waals surface area (Å²) in [6.45, 7) is 4.06. The number of hydrogen-bond acceptors (Lipinski definition) is 3. The molecule has 1 amide bonds. The van der Waals surface area contributed by atoms with Crippen LogP contribution >= 0.6 is 0 Å². The van der Waals surface area contributed by atoms with E-state index in [9.17, 15) is 13.2 Å². The molecule has 134 valence electrons. The summed E-state index contributed by atoms with van der Waals surface area (Å²) in [5.41, 5.74) is 2.45. The minimum absolute atomic E-state index is 0.148. The number of anilines is 1. The van der Waals surface area contributed by atoms with Crippen LogP contribution < -0.4 is 9.62 Å². The second-order valence-electron chi connectivity index (χ2n) is 6.17. The molecule has 0 aliphatic rings. The first-order valence-electron chi connectivity index (χ1n) is 8.14. The van der Waals surface area contributed by atoms with Crippen LogP contribution in [-0.2, 0) is 14.8 Å². The van der Waals surface area contributed by atoms with Crippen molar-refractivity contribution in [2.45, 2.75) is 19.8 Å². The third-order valence-electron chi connectivity index (χ3n) is 4.05. The van der Waals surface area contributed by atoms with E-state index in [1.54, 1.807) is 12.1 Å². The van der Waals surface area contributed by atoms with E-state index in [1.807, 2.05) is 56.3 Å². The zero-order chi connectivity index (χ0) is 18.4. The fourth-order valence-electron chi connectivity index (χ4n) is 2.58. The van der Waals surface area contributed by atoms with Gasteiger partial charge in [-0.25, -0.2) is 8.42 Å². The summed E-state index contributed by atoms with van der Waals surface area (Å²) >= 11 is 0. The average Bonchev–Trinajstić information content (AvgIpc) is 2.58. The third-order valence-corrected chi connectivity index (χ3v) is 5.17. The Bertz CT molecular complexity index is 820. The fraction of sp³-hybridized carbons (Fsp3) is 0.316. The Morgan fingerprint density at radius 2 is 1.68 bits per heavy atom. The lowest BCUT2D eigenvalue weighted by atomic mass is 10.0. The van der Waals surface area contributed by atoms with Crippen LogP contribution in [0.5, 0.6) is 0 Å². The maximum absolute atomic E-state index is 12.3. The van der Waals surface area contributed by atoms with Crippen molar-refractivity contribution in [3.8, 4) is 0 Å². The molecule has 1 atom stereocenters. The minimum Gasteiger partial charge on any atom is -0.354 e. The molecule has 0 radical (unpaired) electrons. The number of para-hydroxylation sites is 1. The summed E-state index contributed by atoms with van der Waals surface area (Å²) in [6, 6.07) is 17.0. The number of hydrogen-bond donors (Lipinski definition) is 1. The molecule has 0 spiro atoms. The van der Waals surface area contributed by atoms with Gasteiger partial charge in [0.05, 0.1) is 11.9 Å². The lowest BCUT2D eigenvalue weighted by molar-refractivity contribution is -0.119. The van der Waals surface area contributed by atoms with E-state index >= 15 is 0 Å². The van der Waals surface area contributed by atoms with Gasteiger partial charge in [0.25, 0.3) is 0 Å². The molecule has 0 aromatic heterocycles. The Morgan fingerprint density at radius 1 is 1.08 bits per heavy atom. The average molecular weight is 360 g/mol. The maximum atomic E-state index is 12.3. The SMILES string of the molecule is Cc1ccccc1N(CC(=O)NC[C@H](C)c1ccccc1)S(C)(=O)=O. The largest absolute Gasteiger partial charge is 0.354 e. The van der Waals surface area contributed by atoms with Crippen LogP contribution in [0.25, 0.3) is 0 Å². The van der Waals surface area contributed by atoms with Crippen molar-refractivity contribution in [1.29, 1.82) is 0 Å². The molecule has 5 nitrogen and oxygen atoms in total.